The largest absolute Gasteiger partial charge is 0.507 e. The molecule has 38 heavy (non-hydrogen) atoms. The van der Waals surface area contributed by atoms with Crippen molar-refractivity contribution in [3.05, 3.63) is 72.8 Å². The summed E-state index contributed by atoms with van der Waals surface area (Å²) in [6.45, 7) is 4.67. The van der Waals surface area contributed by atoms with E-state index in [1.165, 1.54) is 11.6 Å². The molecule has 2 aliphatic rings. The van der Waals surface area contributed by atoms with Crippen LogP contribution in [0.15, 0.2) is 35.1 Å². The number of fused-ring (bicyclic) bond motifs is 3. The van der Waals surface area contributed by atoms with Gasteiger partial charge in [-0.1, -0.05) is 25.2 Å². The molecular formula is C29H31NO7S. The Morgan fingerprint density at radius 3 is 2.50 bits per heavy atom. The molecule has 1 aliphatic heterocycles. The van der Waals surface area contributed by atoms with E-state index in [4.69, 9.17) is 14.2 Å². The van der Waals surface area contributed by atoms with Crippen molar-refractivity contribution in [2.45, 2.75) is 51.7 Å². The third-order valence-corrected chi connectivity index (χ3v) is 8.26. The van der Waals surface area contributed by atoms with E-state index in [0.29, 0.717) is 37.4 Å². The highest BCUT2D eigenvalue weighted by Gasteiger charge is 2.40. The first-order valence-electron chi connectivity index (χ1n) is 12.8. The molecule has 1 aliphatic carbocycles. The van der Waals surface area contributed by atoms with E-state index >= 15 is 0 Å². The number of rotatable bonds is 8. The standard InChI is InChI=1S/C29H31NO7S/c1-15(2)5-10-21-22-16(13-19(37-21)11-12-36-18-8-6-17(35-4)7-9-18)14-20-23(26(22)32)27(33)28-24(25(20)31)30(3)29(34)38-28/h6-9,14-15,19,21,32H,5,10-13H2,1-4H3/t19-,21+/m1/s1. The average Bonchev–Trinajstić information content (AvgIpc) is 3.20. The maximum absolute atomic E-state index is 13.4. The average molecular weight is 538 g/mol. The molecule has 0 unspecified atom stereocenters. The number of phenols is 1. The van der Waals surface area contributed by atoms with Crippen molar-refractivity contribution in [3.63, 3.8) is 0 Å². The second-order valence-corrected chi connectivity index (χ2v) is 11.2. The first-order chi connectivity index (χ1) is 18.2. The van der Waals surface area contributed by atoms with Gasteiger partial charge in [0.2, 0.25) is 11.6 Å². The second-order valence-electron chi connectivity index (χ2n) is 10.2. The number of ether oxygens (including phenoxy) is 3. The Morgan fingerprint density at radius 1 is 1.11 bits per heavy atom. The molecule has 0 saturated heterocycles. The van der Waals surface area contributed by atoms with Crippen LogP contribution >= 0.6 is 11.3 Å². The van der Waals surface area contributed by atoms with Gasteiger partial charge >= 0.3 is 4.87 Å². The zero-order valence-electron chi connectivity index (χ0n) is 21.9. The van der Waals surface area contributed by atoms with E-state index < -0.39 is 17.7 Å². The molecule has 9 heteroatoms. The van der Waals surface area contributed by atoms with Crippen LogP contribution < -0.4 is 14.3 Å². The molecule has 0 saturated carbocycles. The third-order valence-electron chi connectivity index (χ3n) is 7.23. The van der Waals surface area contributed by atoms with E-state index in [1.807, 2.05) is 24.3 Å². The van der Waals surface area contributed by atoms with Gasteiger partial charge in [-0.05, 0) is 61.1 Å². The van der Waals surface area contributed by atoms with Crippen molar-refractivity contribution in [2.24, 2.45) is 13.0 Å². The van der Waals surface area contributed by atoms with E-state index in [-0.39, 0.29) is 38.4 Å². The van der Waals surface area contributed by atoms with Gasteiger partial charge in [-0.15, -0.1) is 0 Å². The summed E-state index contributed by atoms with van der Waals surface area (Å²) in [7, 11) is 3.10. The van der Waals surface area contributed by atoms with Gasteiger partial charge in [0.25, 0.3) is 0 Å². The Kier molecular flexibility index (Phi) is 7.15. The van der Waals surface area contributed by atoms with E-state index in [1.54, 1.807) is 13.2 Å². The lowest BCUT2D eigenvalue weighted by Crippen LogP contribution is -2.30. The highest BCUT2D eigenvalue weighted by atomic mass is 32.1. The number of methoxy groups -OCH3 is 1. The van der Waals surface area contributed by atoms with E-state index in [2.05, 4.69) is 13.8 Å². The molecule has 0 spiro atoms. The van der Waals surface area contributed by atoms with Crippen molar-refractivity contribution in [3.8, 4) is 17.2 Å². The Bertz CT molecular complexity index is 1450. The lowest BCUT2D eigenvalue weighted by atomic mass is 9.81. The number of aromatic nitrogens is 1. The summed E-state index contributed by atoms with van der Waals surface area (Å²) >= 11 is 0.737. The summed E-state index contributed by atoms with van der Waals surface area (Å²) < 4.78 is 18.8. The van der Waals surface area contributed by atoms with Crippen LogP contribution in [0.3, 0.4) is 0 Å². The lowest BCUT2D eigenvalue weighted by Gasteiger charge is -2.35. The summed E-state index contributed by atoms with van der Waals surface area (Å²) in [5, 5.41) is 11.4. The van der Waals surface area contributed by atoms with Crippen molar-refractivity contribution >= 4 is 22.9 Å². The maximum atomic E-state index is 13.4. The summed E-state index contributed by atoms with van der Waals surface area (Å²) in [4.78, 5) is 38.7. The van der Waals surface area contributed by atoms with Crippen LogP contribution in [0.1, 0.15) is 81.6 Å². The van der Waals surface area contributed by atoms with Crippen LogP contribution in [-0.2, 0) is 18.2 Å². The molecule has 0 fully saturated rings. The summed E-state index contributed by atoms with van der Waals surface area (Å²) in [5.41, 5.74) is 1.57. The van der Waals surface area contributed by atoms with Crippen molar-refractivity contribution in [2.75, 3.05) is 13.7 Å². The zero-order valence-corrected chi connectivity index (χ0v) is 22.7. The van der Waals surface area contributed by atoms with Gasteiger partial charge in [0, 0.05) is 24.6 Å². The number of ketones is 2. The highest BCUT2D eigenvalue weighted by molar-refractivity contribution is 7.12. The lowest BCUT2D eigenvalue weighted by molar-refractivity contribution is -0.0415. The quantitative estimate of drug-likeness (QED) is 0.344. The summed E-state index contributed by atoms with van der Waals surface area (Å²) in [6.07, 6.45) is 2.00. The molecule has 8 nitrogen and oxygen atoms in total. The number of hydrogen-bond donors (Lipinski definition) is 1. The SMILES string of the molecule is COc1ccc(OCC[C@@H]2Cc3cc4c(c(O)c3[C@H](CCC(C)C)O2)C(=O)c2sc(=O)n(C)c2C4=O)cc1. The van der Waals surface area contributed by atoms with Gasteiger partial charge < -0.3 is 19.3 Å². The fourth-order valence-corrected chi connectivity index (χ4v) is 6.14. The second kappa shape index (κ2) is 10.4. The number of benzene rings is 2. The number of carbonyl (C=O) groups is 2. The van der Waals surface area contributed by atoms with Crippen molar-refractivity contribution in [1.29, 1.82) is 0 Å². The Morgan fingerprint density at radius 2 is 1.82 bits per heavy atom. The molecule has 2 atom stereocenters. The van der Waals surface area contributed by atoms with Gasteiger partial charge in [0.05, 0.1) is 31.5 Å². The highest BCUT2D eigenvalue weighted by Crippen LogP contribution is 2.45. The van der Waals surface area contributed by atoms with Gasteiger partial charge in [-0.25, -0.2) is 0 Å². The normalized spacial score (nSPS) is 18.2. The molecule has 0 amide bonds. The zero-order chi connectivity index (χ0) is 27.1. The molecule has 3 aromatic rings. The summed E-state index contributed by atoms with van der Waals surface area (Å²) in [6, 6.07) is 9.09. The molecule has 1 N–H and O–H groups in total. The fraction of sp³-hybridized carbons (Fsp3) is 0.414. The number of carbonyl (C=O) groups excluding carboxylic acids is 2. The number of nitrogens with zero attached hydrogens (tertiary/aromatic N) is 1. The molecule has 1 aromatic heterocycles. The minimum Gasteiger partial charge on any atom is -0.507 e. The number of phenolic OH excluding ortho intramolecular Hbond substituents is 1. The van der Waals surface area contributed by atoms with Crippen LogP contribution in [0.2, 0.25) is 0 Å². The Labute approximate surface area is 224 Å². The predicted octanol–water partition coefficient (Wildman–Crippen LogP) is 4.82. The number of aromatic hydroxyl groups is 1. The van der Waals surface area contributed by atoms with Crippen molar-refractivity contribution in [1.82, 2.24) is 4.57 Å². The molecule has 200 valence electrons. The molecule has 2 aromatic carbocycles. The molecule has 0 bridgehead atoms. The number of hydrogen-bond acceptors (Lipinski definition) is 8. The molecule has 5 rings (SSSR count). The first-order valence-corrected chi connectivity index (χ1v) is 13.6. The van der Waals surface area contributed by atoms with Crippen LogP contribution in [0.5, 0.6) is 17.2 Å². The topological polar surface area (TPSA) is 104 Å². The smallest absolute Gasteiger partial charge is 0.308 e. The molecule has 2 heterocycles. The Hall–Kier alpha value is -3.43. The van der Waals surface area contributed by atoms with Gasteiger partial charge in [0.1, 0.15) is 27.8 Å². The first kappa shape index (κ1) is 26.2. The van der Waals surface area contributed by atoms with Crippen LogP contribution in [0, 0.1) is 5.92 Å². The third kappa shape index (κ3) is 4.65. The van der Waals surface area contributed by atoms with Crippen LogP contribution in [0.4, 0.5) is 0 Å². The van der Waals surface area contributed by atoms with E-state index in [9.17, 15) is 19.5 Å². The van der Waals surface area contributed by atoms with Crippen molar-refractivity contribution < 1.29 is 28.9 Å². The number of thiazole rings is 1. The maximum Gasteiger partial charge on any atom is 0.308 e. The van der Waals surface area contributed by atoms with Crippen LogP contribution in [-0.4, -0.2) is 41.1 Å². The molecular weight excluding hydrogens is 506 g/mol. The van der Waals surface area contributed by atoms with Gasteiger partial charge in [-0.2, -0.15) is 0 Å². The molecule has 0 radical (unpaired) electrons. The monoisotopic (exact) mass is 537 g/mol. The van der Waals surface area contributed by atoms with Gasteiger partial charge in [-0.3, -0.25) is 19.0 Å². The summed E-state index contributed by atoms with van der Waals surface area (Å²) in [5.74, 6) is 0.794. The Balaban J connectivity index is 1.45. The predicted molar refractivity (Wildman–Crippen MR) is 143 cm³/mol. The minimum atomic E-state index is -0.491. The van der Waals surface area contributed by atoms with Gasteiger partial charge in [0.15, 0.2) is 0 Å². The van der Waals surface area contributed by atoms with E-state index in [0.717, 1.165) is 34.8 Å². The van der Waals surface area contributed by atoms with Crippen LogP contribution in [0.25, 0.3) is 0 Å². The minimum absolute atomic E-state index is 0.0254. The fourth-order valence-electron chi connectivity index (χ4n) is 5.21.